The van der Waals surface area contributed by atoms with E-state index in [0.29, 0.717) is 0 Å². The van der Waals surface area contributed by atoms with E-state index < -0.39 is 0 Å². The van der Waals surface area contributed by atoms with E-state index >= 15 is 0 Å². The molecule has 84 valence electrons. The molecule has 1 aliphatic carbocycles. The molecule has 0 saturated heterocycles. The van der Waals surface area contributed by atoms with Crippen molar-refractivity contribution in [2.45, 2.75) is 59.5 Å². The highest BCUT2D eigenvalue weighted by Crippen LogP contribution is 2.43. The maximum atomic E-state index is 9.32. The number of aliphatic hydroxyl groups is 1. The molecular formula is C13H26O. The fourth-order valence-electron chi connectivity index (χ4n) is 3.07. The first-order valence-electron chi connectivity index (χ1n) is 6.20. The minimum absolute atomic E-state index is 0.115. The van der Waals surface area contributed by atoms with Crippen molar-refractivity contribution in [1.29, 1.82) is 0 Å². The van der Waals surface area contributed by atoms with Crippen LogP contribution in [0.5, 0.6) is 0 Å². The number of rotatable bonds is 4. The summed E-state index contributed by atoms with van der Waals surface area (Å²) in [6, 6.07) is 0. The van der Waals surface area contributed by atoms with E-state index in [2.05, 4.69) is 20.8 Å². The second-order valence-corrected chi connectivity index (χ2v) is 5.55. The number of aliphatic hydroxyl groups excluding tert-OH is 1. The molecular weight excluding hydrogens is 172 g/mol. The summed E-state index contributed by atoms with van der Waals surface area (Å²) < 4.78 is 0. The Labute approximate surface area is 88.9 Å². The van der Waals surface area contributed by atoms with Gasteiger partial charge in [-0.25, -0.2) is 0 Å². The molecule has 14 heavy (non-hydrogen) atoms. The topological polar surface area (TPSA) is 20.2 Å². The maximum absolute atomic E-state index is 9.32. The summed E-state index contributed by atoms with van der Waals surface area (Å²) in [6.45, 7) is 8.98. The summed E-state index contributed by atoms with van der Waals surface area (Å²) in [4.78, 5) is 0. The summed E-state index contributed by atoms with van der Waals surface area (Å²) in [5.74, 6) is 3.47. The summed E-state index contributed by atoms with van der Waals surface area (Å²) in [6.07, 6.45) is 4.90. The minimum Gasteiger partial charge on any atom is -0.393 e. The summed E-state index contributed by atoms with van der Waals surface area (Å²) in [5, 5.41) is 9.32. The largest absolute Gasteiger partial charge is 0.393 e. The van der Waals surface area contributed by atoms with Crippen LogP contribution in [0.3, 0.4) is 0 Å². The fourth-order valence-corrected chi connectivity index (χ4v) is 3.07. The first kappa shape index (κ1) is 12.0. The first-order valence-corrected chi connectivity index (χ1v) is 6.20. The normalized spacial score (nSPS) is 35.1. The zero-order chi connectivity index (χ0) is 10.7. The van der Waals surface area contributed by atoms with Gasteiger partial charge in [0.2, 0.25) is 0 Å². The number of hydrogen-bond acceptors (Lipinski definition) is 1. The van der Waals surface area contributed by atoms with Crippen LogP contribution in [0.15, 0.2) is 0 Å². The molecule has 1 saturated carbocycles. The summed E-state index contributed by atoms with van der Waals surface area (Å²) >= 11 is 0. The third kappa shape index (κ3) is 2.98. The zero-order valence-electron chi connectivity index (χ0n) is 10.2. The predicted octanol–water partition coefficient (Wildman–Crippen LogP) is 3.47. The molecule has 1 N–H and O–H groups in total. The summed E-state index contributed by atoms with van der Waals surface area (Å²) in [7, 11) is 0. The molecule has 1 nitrogen and oxygen atoms in total. The van der Waals surface area contributed by atoms with Gasteiger partial charge in [0.1, 0.15) is 0 Å². The lowest BCUT2D eigenvalue weighted by atomic mass is 9.80. The Morgan fingerprint density at radius 3 is 2.36 bits per heavy atom. The van der Waals surface area contributed by atoms with Crippen molar-refractivity contribution in [3.63, 3.8) is 0 Å². The van der Waals surface area contributed by atoms with Gasteiger partial charge in [0.05, 0.1) is 6.10 Å². The Bertz CT molecular complexity index is 163. The average Bonchev–Trinajstić information content (AvgIpc) is 2.43. The second-order valence-electron chi connectivity index (χ2n) is 5.55. The lowest BCUT2D eigenvalue weighted by molar-refractivity contribution is 0.153. The monoisotopic (exact) mass is 198 g/mol. The van der Waals surface area contributed by atoms with Gasteiger partial charge in [-0.15, -0.1) is 0 Å². The molecule has 0 aliphatic heterocycles. The SMILES string of the molecule is CC(O)CCC1C(C)CCC1C(C)C. The third-order valence-electron chi connectivity index (χ3n) is 4.01. The summed E-state index contributed by atoms with van der Waals surface area (Å²) in [5.41, 5.74) is 0. The molecule has 0 spiro atoms. The van der Waals surface area contributed by atoms with E-state index in [1.54, 1.807) is 0 Å². The first-order chi connectivity index (χ1) is 6.52. The van der Waals surface area contributed by atoms with Gasteiger partial charge in [-0.05, 0) is 49.9 Å². The van der Waals surface area contributed by atoms with Gasteiger partial charge in [0.15, 0.2) is 0 Å². The van der Waals surface area contributed by atoms with Crippen molar-refractivity contribution in [1.82, 2.24) is 0 Å². The highest BCUT2D eigenvalue weighted by atomic mass is 16.3. The predicted molar refractivity (Wildman–Crippen MR) is 61.1 cm³/mol. The van der Waals surface area contributed by atoms with E-state index in [9.17, 15) is 5.11 Å². The molecule has 1 heteroatoms. The molecule has 0 aromatic heterocycles. The second kappa shape index (κ2) is 5.16. The molecule has 0 amide bonds. The standard InChI is InChI=1S/C13H26O/c1-9(2)12-7-5-10(3)13(12)8-6-11(4)14/h9-14H,5-8H2,1-4H3. The van der Waals surface area contributed by atoms with Crippen molar-refractivity contribution < 1.29 is 5.11 Å². The Hall–Kier alpha value is -0.0400. The van der Waals surface area contributed by atoms with Crippen LogP contribution < -0.4 is 0 Å². The van der Waals surface area contributed by atoms with E-state index in [1.165, 1.54) is 19.3 Å². The highest BCUT2D eigenvalue weighted by Gasteiger charge is 2.34. The van der Waals surface area contributed by atoms with Crippen LogP contribution in [0.1, 0.15) is 53.4 Å². The molecule has 0 aromatic rings. The van der Waals surface area contributed by atoms with Crippen LogP contribution in [0.25, 0.3) is 0 Å². The van der Waals surface area contributed by atoms with Crippen LogP contribution in [0.2, 0.25) is 0 Å². The van der Waals surface area contributed by atoms with E-state index in [4.69, 9.17) is 0 Å². The van der Waals surface area contributed by atoms with Crippen LogP contribution >= 0.6 is 0 Å². The lowest BCUT2D eigenvalue weighted by Crippen LogP contribution is -2.19. The molecule has 4 unspecified atom stereocenters. The Morgan fingerprint density at radius 1 is 1.21 bits per heavy atom. The molecule has 1 fully saturated rings. The van der Waals surface area contributed by atoms with Gasteiger partial charge in [-0.3, -0.25) is 0 Å². The minimum atomic E-state index is -0.115. The molecule has 1 aliphatic rings. The van der Waals surface area contributed by atoms with E-state index in [-0.39, 0.29) is 6.10 Å². The molecule has 1 rings (SSSR count). The molecule has 0 radical (unpaired) electrons. The Morgan fingerprint density at radius 2 is 1.86 bits per heavy atom. The van der Waals surface area contributed by atoms with Crippen molar-refractivity contribution in [2.24, 2.45) is 23.7 Å². The lowest BCUT2D eigenvalue weighted by Gasteiger charge is -2.26. The van der Waals surface area contributed by atoms with Gasteiger partial charge in [-0.1, -0.05) is 27.2 Å². The van der Waals surface area contributed by atoms with E-state index in [0.717, 1.165) is 30.1 Å². The Kier molecular flexibility index (Phi) is 4.43. The highest BCUT2D eigenvalue weighted by molar-refractivity contribution is 4.84. The molecule has 4 atom stereocenters. The maximum Gasteiger partial charge on any atom is 0.0512 e. The molecule has 0 bridgehead atoms. The van der Waals surface area contributed by atoms with Gasteiger partial charge in [0.25, 0.3) is 0 Å². The quantitative estimate of drug-likeness (QED) is 0.733. The van der Waals surface area contributed by atoms with Crippen molar-refractivity contribution >= 4 is 0 Å². The zero-order valence-corrected chi connectivity index (χ0v) is 10.2. The van der Waals surface area contributed by atoms with Gasteiger partial charge < -0.3 is 5.11 Å². The van der Waals surface area contributed by atoms with Crippen molar-refractivity contribution in [2.75, 3.05) is 0 Å². The third-order valence-corrected chi connectivity index (χ3v) is 4.01. The van der Waals surface area contributed by atoms with Crippen LogP contribution in [-0.2, 0) is 0 Å². The van der Waals surface area contributed by atoms with Gasteiger partial charge >= 0.3 is 0 Å². The van der Waals surface area contributed by atoms with Gasteiger partial charge in [0, 0.05) is 0 Å². The van der Waals surface area contributed by atoms with Crippen LogP contribution in [-0.4, -0.2) is 11.2 Å². The molecule has 0 aromatic carbocycles. The van der Waals surface area contributed by atoms with Crippen molar-refractivity contribution in [3.05, 3.63) is 0 Å². The smallest absolute Gasteiger partial charge is 0.0512 e. The van der Waals surface area contributed by atoms with Crippen molar-refractivity contribution in [3.8, 4) is 0 Å². The van der Waals surface area contributed by atoms with Crippen LogP contribution in [0, 0.1) is 23.7 Å². The molecule has 0 heterocycles. The van der Waals surface area contributed by atoms with E-state index in [1.807, 2.05) is 6.92 Å². The number of hydrogen-bond donors (Lipinski definition) is 1. The van der Waals surface area contributed by atoms with Crippen LogP contribution in [0.4, 0.5) is 0 Å². The Balaban J connectivity index is 2.45. The fraction of sp³-hybridized carbons (Fsp3) is 1.00. The van der Waals surface area contributed by atoms with Gasteiger partial charge in [-0.2, -0.15) is 0 Å². The average molecular weight is 198 g/mol.